The summed E-state index contributed by atoms with van der Waals surface area (Å²) in [5, 5.41) is 10.9. The lowest BCUT2D eigenvalue weighted by molar-refractivity contribution is -0.149. The number of fused-ring (bicyclic) bond motifs is 2. The minimum atomic E-state index is -0.998. The second-order valence-corrected chi connectivity index (χ2v) is 16.7. The van der Waals surface area contributed by atoms with Crippen LogP contribution in [0.3, 0.4) is 0 Å². The fourth-order valence-electron chi connectivity index (χ4n) is 8.60. The molecule has 0 bridgehead atoms. The Morgan fingerprint density at radius 3 is 2.09 bits per heavy atom. The van der Waals surface area contributed by atoms with Crippen LogP contribution in [0.5, 0.6) is 0 Å². The summed E-state index contributed by atoms with van der Waals surface area (Å²) >= 11 is 1.57. The summed E-state index contributed by atoms with van der Waals surface area (Å²) in [5.74, 6) is -2.00. The lowest BCUT2D eigenvalue weighted by Crippen LogP contribution is -2.59. The third-order valence-electron chi connectivity index (χ3n) is 9.95. The molecule has 2 aromatic rings. The van der Waals surface area contributed by atoms with Crippen molar-refractivity contribution in [1.82, 2.24) is 9.80 Å². The van der Waals surface area contributed by atoms with Gasteiger partial charge in [0.25, 0.3) is 0 Å². The van der Waals surface area contributed by atoms with E-state index in [1.807, 2.05) is 84.6 Å². The highest BCUT2D eigenvalue weighted by atomic mass is 32.2. The van der Waals surface area contributed by atoms with E-state index in [0.29, 0.717) is 13.1 Å². The third-order valence-corrected chi connectivity index (χ3v) is 11.7. The van der Waals surface area contributed by atoms with E-state index in [0.717, 1.165) is 17.7 Å². The Balaban J connectivity index is 1.52. The molecule has 7 nitrogen and oxygen atoms in total. The highest BCUT2D eigenvalue weighted by molar-refractivity contribution is 8.02. The van der Waals surface area contributed by atoms with E-state index < -0.39 is 39.0 Å². The van der Waals surface area contributed by atoms with Crippen LogP contribution in [0.25, 0.3) is 0 Å². The highest BCUT2D eigenvalue weighted by Crippen LogP contribution is 2.66. The van der Waals surface area contributed by atoms with Crippen LogP contribution in [-0.4, -0.2) is 73.4 Å². The van der Waals surface area contributed by atoms with E-state index in [-0.39, 0.29) is 29.7 Å². The van der Waals surface area contributed by atoms with E-state index in [1.165, 1.54) is 0 Å². The van der Waals surface area contributed by atoms with Crippen molar-refractivity contribution in [2.45, 2.75) is 75.1 Å². The quantitative estimate of drug-likeness (QED) is 0.421. The molecule has 0 saturated carbocycles. The Morgan fingerprint density at radius 2 is 1.47 bits per heavy atom. The molecular weight excluding hydrogens is 582 g/mol. The standard InChI is InChI=1S/C37H45N3O4S/c1-34(2,3)24-35(4,5)39-22-14-20-37-29(32(43)40(30(37)33(39)44)27(23-41)25-15-9-7-10-16-25)28-31(42)38(26-17-11-8-12-18-26)21-13-19-36(28,6)45-37/h7-20,27-30,41H,21-24H2,1-6H3/t27-,28-,29+,30?,36+,37+/m1/s1. The van der Waals surface area contributed by atoms with Gasteiger partial charge < -0.3 is 19.8 Å². The minimum absolute atomic E-state index is 0.0379. The maximum absolute atomic E-state index is 15.1. The van der Waals surface area contributed by atoms with Crippen LogP contribution in [0.4, 0.5) is 5.69 Å². The number of thioether (sulfide) groups is 1. The van der Waals surface area contributed by atoms with Crippen LogP contribution in [0, 0.1) is 17.3 Å². The molecule has 0 aromatic heterocycles. The van der Waals surface area contributed by atoms with Crippen molar-refractivity contribution < 1.29 is 19.5 Å². The molecule has 45 heavy (non-hydrogen) atoms. The molecule has 4 aliphatic heterocycles. The normalized spacial score (nSPS) is 30.6. The monoisotopic (exact) mass is 627 g/mol. The number of likely N-dealkylation sites (tertiary alicyclic amines) is 1. The van der Waals surface area contributed by atoms with Crippen LogP contribution in [-0.2, 0) is 14.4 Å². The van der Waals surface area contributed by atoms with Gasteiger partial charge in [-0.1, -0.05) is 93.6 Å². The number of hydrogen-bond donors (Lipinski definition) is 1. The van der Waals surface area contributed by atoms with Crippen LogP contribution in [0.1, 0.15) is 59.6 Å². The smallest absolute Gasteiger partial charge is 0.247 e. The van der Waals surface area contributed by atoms with Gasteiger partial charge in [-0.25, -0.2) is 0 Å². The molecule has 0 radical (unpaired) electrons. The van der Waals surface area contributed by atoms with Crippen LogP contribution in [0.15, 0.2) is 85.0 Å². The van der Waals surface area contributed by atoms with E-state index >= 15 is 9.59 Å². The number of aliphatic hydroxyl groups is 1. The van der Waals surface area contributed by atoms with Crippen molar-refractivity contribution in [3.8, 4) is 0 Å². The average molecular weight is 628 g/mol. The van der Waals surface area contributed by atoms with Crippen molar-refractivity contribution in [3.05, 3.63) is 90.5 Å². The van der Waals surface area contributed by atoms with Crippen molar-refractivity contribution in [3.63, 3.8) is 0 Å². The number of amides is 3. The maximum Gasteiger partial charge on any atom is 0.247 e. The van der Waals surface area contributed by atoms with Gasteiger partial charge in [0.05, 0.1) is 29.2 Å². The molecule has 1 N–H and O–H groups in total. The SMILES string of the molecule is CC(C)(C)CC(C)(C)N1CC=C[C@]23S[C@@]4(C)C=CCN(c5ccccc5)C(=O)[C@H]4[C@H]2C(=O)N([C@H](CO)c2ccccc2)C3C1=O. The Kier molecular flexibility index (Phi) is 7.84. The fraction of sp³-hybridized carbons (Fsp3) is 0.486. The highest BCUT2D eigenvalue weighted by Gasteiger charge is 2.75. The third kappa shape index (κ3) is 5.14. The maximum atomic E-state index is 15.1. The Bertz CT molecular complexity index is 1530. The zero-order valence-corrected chi connectivity index (χ0v) is 28.0. The Labute approximate surface area is 271 Å². The topological polar surface area (TPSA) is 81.2 Å². The molecule has 6 atom stereocenters. The molecule has 8 heteroatoms. The Morgan fingerprint density at radius 1 is 0.844 bits per heavy atom. The van der Waals surface area contributed by atoms with E-state index in [4.69, 9.17) is 0 Å². The number of rotatable bonds is 6. The lowest BCUT2D eigenvalue weighted by atomic mass is 9.74. The van der Waals surface area contributed by atoms with E-state index in [2.05, 4.69) is 46.8 Å². The number of carbonyl (C=O) groups excluding carboxylic acids is 3. The number of anilines is 1. The second-order valence-electron chi connectivity index (χ2n) is 14.9. The molecule has 2 aromatic carbocycles. The van der Waals surface area contributed by atoms with Gasteiger partial charge in [-0.3, -0.25) is 14.4 Å². The molecular formula is C37H45N3O4S. The number of aliphatic hydroxyl groups excluding tert-OH is 1. The minimum Gasteiger partial charge on any atom is -0.394 e. The summed E-state index contributed by atoms with van der Waals surface area (Å²) in [5.41, 5.74) is 0.998. The predicted molar refractivity (Wildman–Crippen MR) is 180 cm³/mol. The molecule has 2 saturated heterocycles. The van der Waals surface area contributed by atoms with Crippen molar-refractivity contribution >= 4 is 35.2 Å². The average Bonchev–Trinajstić information content (AvgIpc) is 3.24. The first-order valence-electron chi connectivity index (χ1n) is 16.0. The van der Waals surface area contributed by atoms with Crippen LogP contribution < -0.4 is 4.90 Å². The van der Waals surface area contributed by atoms with Gasteiger partial charge in [0.15, 0.2) is 0 Å². The number of hydrogen-bond acceptors (Lipinski definition) is 5. The van der Waals surface area contributed by atoms with Crippen molar-refractivity contribution in [1.29, 1.82) is 0 Å². The van der Waals surface area contributed by atoms with E-state index in [1.54, 1.807) is 21.6 Å². The van der Waals surface area contributed by atoms with Gasteiger partial charge in [0.1, 0.15) is 6.04 Å². The molecule has 1 unspecified atom stereocenters. The van der Waals surface area contributed by atoms with Crippen LogP contribution >= 0.6 is 11.8 Å². The zero-order valence-electron chi connectivity index (χ0n) is 27.1. The second kappa shape index (κ2) is 11.2. The molecule has 3 amide bonds. The summed E-state index contributed by atoms with van der Waals surface area (Å²) in [6, 6.07) is 17.4. The van der Waals surface area contributed by atoms with Gasteiger partial charge in [-0.05, 0) is 50.3 Å². The summed E-state index contributed by atoms with van der Waals surface area (Å²) in [7, 11) is 0. The molecule has 2 fully saturated rings. The van der Waals surface area contributed by atoms with Crippen LogP contribution in [0.2, 0.25) is 0 Å². The summed E-state index contributed by atoms with van der Waals surface area (Å²) < 4.78 is -1.71. The molecule has 4 aliphatic rings. The van der Waals surface area contributed by atoms with Gasteiger partial charge in [0.2, 0.25) is 17.7 Å². The van der Waals surface area contributed by atoms with Crippen molar-refractivity contribution in [2.24, 2.45) is 17.3 Å². The molecule has 0 aliphatic carbocycles. The van der Waals surface area contributed by atoms with Crippen molar-refractivity contribution in [2.75, 3.05) is 24.6 Å². The lowest BCUT2D eigenvalue weighted by Gasteiger charge is -2.45. The first kappa shape index (κ1) is 31.6. The first-order chi connectivity index (χ1) is 21.2. The summed E-state index contributed by atoms with van der Waals surface area (Å²) in [6.45, 7) is 13.2. The Hall–Kier alpha value is -3.36. The number of carbonyl (C=O) groups is 3. The molecule has 238 valence electrons. The number of benzene rings is 2. The molecule has 6 rings (SSSR count). The van der Waals surface area contributed by atoms with E-state index in [9.17, 15) is 9.90 Å². The van der Waals surface area contributed by atoms with Gasteiger partial charge in [-0.2, -0.15) is 0 Å². The van der Waals surface area contributed by atoms with Gasteiger partial charge in [-0.15, -0.1) is 11.8 Å². The predicted octanol–water partition coefficient (Wildman–Crippen LogP) is 5.62. The summed E-state index contributed by atoms with van der Waals surface area (Å²) in [4.78, 5) is 50.2. The fourth-order valence-corrected chi connectivity index (χ4v) is 10.7. The van der Waals surface area contributed by atoms with Gasteiger partial charge >= 0.3 is 0 Å². The largest absolute Gasteiger partial charge is 0.394 e. The number of para-hydroxylation sites is 1. The number of nitrogens with zero attached hydrogens (tertiary/aromatic N) is 3. The zero-order chi connectivity index (χ0) is 32.4. The first-order valence-corrected chi connectivity index (χ1v) is 16.8. The molecule has 4 heterocycles. The molecule has 1 spiro atoms. The van der Waals surface area contributed by atoms with Gasteiger partial charge in [0, 0.05) is 29.1 Å². The summed E-state index contributed by atoms with van der Waals surface area (Å²) in [6.07, 6.45) is 8.96.